The highest BCUT2D eigenvalue weighted by Gasteiger charge is 2.09. The Balaban J connectivity index is 0. The fourth-order valence-electron chi connectivity index (χ4n) is 1.69. The van der Waals surface area contributed by atoms with Crippen LogP contribution in [0.2, 0.25) is 0 Å². The summed E-state index contributed by atoms with van der Waals surface area (Å²) in [5.41, 5.74) is 7.37. The molecular weight excluding hydrogens is 316 g/mol. The zero-order chi connectivity index (χ0) is 19.9. The first kappa shape index (κ1) is 25.5. The quantitative estimate of drug-likeness (QED) is 0.710. The van der Waals surface area contributed by atoms with Crippen LogP contribution < -0.4 is 11.1 Å². The first-order valence-corrected chi connectivity index (χ1v) is 8.68. The van der Waals surface area contributed by atoms with Gasteiger partial charge in [-0.1, -0.05) is 45.0 Å². The average molecular weight is 353 g/mol. The number of benzene rings is 1. The lowest BCUT2D eigenvalue weighted by Crippen LogP contribution is -2.26. The van der Waals surface area contributed by atoms with Crippen molar-refractivity contribution in [1.29, 1.82) is 0 Å². The van der Waals surface area contributed by atoms with Crippen LogP contribution in [-0.4, -0.2) is 37.0 Å². The molecule has 0 spiro atoms. The standard InChI is InChI=1S/C14H20O.C3H8N2O.C3H8O/c1-14(2,3)10-4-5-12-6-8-13(11-15)9-7-12;1-5-3(6)2-4;1-3(2)4/h6-9,11H,4-5,10H2,1-3H3;2,4H2,1H3,(H,5,6);3-4H,1-2H3. The molecule has 0 unspecified atom stereocenters. The highest BCUT2D eigenvalue weighted by Crippen LogP contribution is 2.21. The Morgan fingerprint density at radius 2 is 1.72 bits per heavy atom. The number of hydrogen-bond acceptors (Lipinski definition) is 4. The number of aldehydes is 1. The Morgan fingerprint density at radius 1 is 1.24 bits per heavy atom. The van der Waals surface area contributed by atoms with Gasteiger partial charge in [0.15, 0.2) is 0 Å². The number of aryl methyl sites for hydroxylation is 1. The van der Waals surface area contributed by atoms with E-state index in [9.17, 15) is 9.59 Å². The SMILES string of the molecule is CC(C)(C)CCCc1ccc(C=O)cc1.CC(C)O.CNC(=O)CN. The number of hydrogen-bond donors (Lipinski definition) is 3. The predicted octanol–water partition coefficient (Wildman–Crippen LogP) is 2.95. The smallest absolute Gasteiger partial charge is 0.233 e. The van der Waals surface area contributed by atoms with Crippen molar-refractivity contribution in [2.45, 2.75) is 60.0 Å². The van der Waals surface area contributed by atoms with E-state index in [4.69, 9.17) is 10.8 Å². The van der Waals surface area contributed by atoms with Crippen molar-refractivity contribution in [2.24, 2.45) is 11.1 Å². The molecule has 5 heteroatoms. The molecule has 25 heavy (non-hydrogen) atoms. The maximum absolute atomic E-state index is 10.5. The number of rotatable bonds is 5. The fraction of sp³-hybridized carbons (Fsp3) is 0.600. The van der Waals surface area contributed by atoms with Crippen LogP contribution in [0.15, 0.2) is 24.3 Å². The van der Waals surface area contributed by atoms with E-state index < -0.39 is 0 Å². The molecule has 0 atom stereocenters. The zero-order valence-corrected chi connectivity index (χ0v) is 16.6. The molecule has 144 valence electrons. The van der Waals surface area contributed by atoms with Crippen molar-refractivity contribution in [2.75, 3.05) is 13.6 Å². The third kappa shape index (κ3) is 20.2. The van der Waals surface area contributed by atoms with Crippen molar-refractivity contribution < 1.29 is 14.7 Å². The van der Waals surface area contributed by atoms with E-state index in [1.54, 1.807) is 20.9 Å². The van der Waals surface area contributed by atoms with Gasteiger partial charge in [-0.3, -0.25) is 9.59 Å². The van der Waals surface area contributed by atoms with Gasteiger partial charge >= 0.3 is 0 Å². The number of carbonyl (C=O) groups excluding carboxylic acids is 2. The molecular formula is C20H36N2O3. The van der Waals surface area contributed by atoms with Crippen LogP contribution in [0, 0.1) is 5.41 Å². The summed E-state index contributed by atoms with van der Waals surface area (Å²) in [6, 6.07) is 7.87. The molecule has 4 N–H and O–H groups in total. The number of carbonyl (C=O) groups is 2. The minimum atomic E-state index is -0.167. The molecule has 1 rings (SSSR count). The second-order valence-electron chi connectivity index (χ2n) is 7.24. The second kappa shape index (κ2) is 14.6. The summed E-state index contributed by atoms with van der Waals surface area (Å²) in [5.74, 6) is -0.130. The molecule has 1 aromatic carbocycles. The Morgan fingerprint density at radius 3 is 2.00 bits per heavy atom. The largest absolute Gasteiger partial charge is 0.394 e. The molecule has 0 radical (unpaired) electrons. The van der Waals surface area contributed by atoms with Gasteiger partial charge in [-0.2, -0.15) is 0 Å². The molecule has 0 fully saturated rings. The molecule has 0 aliphatic carbocycles. The van der Waals surface area contributed by atoms with E-state index in [2.05, 4.69) is 26.1 Å². The highest BCUT2D eigenvalue weighted by molar-refractivity contribution is 5.77. The summed E-state index contributed by atoms with van der Waals surface area (Å²) in [4.78, 5) is 20.4. The average Bonchev–Trinajstić information content (AvgIpc) is 2.53. The summed E-state index contributed by atoms with van der Waals surface area (Å²) in [7, 11) is 1.55. The third-order valence-corrected chi connectivity index (χ3v) is 2.97. The molecule has 0 aromatic heterocycles. The minimum absolute atomic E-state index is 0.0799. The lowest BCUT2D eigenvalue weighted by molar-refractivity contribution is -0.119. The van der Waals surface area contributed by atoms with Crippen LogP contribution in [0.4, 0.5) is 0 Å². The highest BCUT2D eigenvalue weighted by atomic mass is 16.3. The van der Waals surface area contributed by atoms with Crippen molar-refractivity contribution in [3.05, 3.63) is 35.4 Å². The van der Waals surface area contributed by atoms with Gasteiger partial charge in [-0.25, -0.2) is 0 Å². The van der Waals surface area contributed by atoms with Crippen LogP contribution in [0.25, 0.3) is 0 Å². The maximum Gasteiger partial charge on any atom is 0.233 e. The maximum atomic E-state index is 10.5. The van der Waals surface area contributed by atoms with E-state index in [0.29, 0.717) is 5.41 Å². The van der Waals surface area contributed by atoms with Crippen LogP contribution in [-0.2, 0) is 11.2 Å². The van der Waals surface area contributed by atoms with E-state index >= 15 is 0 Å². The van der Waals surface area contributed by atoms with E-state index in [-0.39, 0.29) is 18.6 Å². The van der Waals surface area contributed by atoms with Gasteiger partial charge in [-0.05, 0) is 44.1 Å². The second-order valence-corrected chi connectivity index (χ2v) is 7.24. The lowest BCUT2D eigenvalue weighted by Gasteiger charge is -2.17. The molecule has 5 nitrogen and oxygen atoms in total. The molecule has 0 heterocycles. The van der Waals surface area contributed by atoms with Crippen molar-refractivity contribution in [3.8, 4) is 0 Å². The van der Waals surface area contributed by atoms with Gasteiger partial charge in [0, 0.05) is 18.7 Å². The van der Waals surface area contributed by atoms with Crippen LogP contribution in [0.1, 0.15) is 63.4 Å². The summed E-state index contributed by atoms with van der Waals surface area (Å²) in [6.45, 7) is 10.3. The molecule has 1 aromatic rings. The summed E-state index contributed by atoms with van der Waals surface area (Å²) in [6.07, 6.45) is 4.28. The van der Waals surface area contributed by atoms with Gasteiger partial charge in [0.1, 0.15) is 6.29 Å². The van der Waals surface area contributed by atoms with Gasteiger partial charge in [0.2, 0.25) is 5.91 Å². The van der Waals surface area contributed by atoms with Crippen molar-refractivity contribution in [1.82, 2.24) is 5.32 Å². The van der Waals surface area contributed by atoms with Crippen LogP contribution in [0.3, 0.4) is 0 Å². The number of nitrogens with two attached hydrogens (primary N) is 1. The number of amides is 1. The normalized spacial score (nSPS) is 10.1. The van der Waals surface area contributed by atoms with Crippen LogP contribution >= 0.6 is 0 Å². The Hall–Kier alpha value is -1.72. The predicted molar refractivity (Wildman–Crippen MR) is 105 cm³/mol. The topological polar surface area (TPSA) is 92.4 Å². The van der Waals surface area contributed by atoms with Gasteiger partial charge in [-0.15, -0.1) is 0 Å². The number of aliphatic hydroxyl groups excluding tert-OH is 1. The minimum Gasteiger partial charge on any atom is -0.394 e. The first-order chi connectivity index (χ1) is 11.6. The third-order valence-electron chi connectivity index (χ3n) is 2.97. The van der Waals surface area contributed by atoms with Crippen LogP contribution in [0.5, 0.6) is 0 Å². The number of likely N-dealkylation sites (N-methyl/N-ethyl adjacent to an activating group) is 1. The van der Waals surface area contributed by atoms with Gasteiger partial charge in [0.25, 0.3) is 0 Å². The van der Waals surface area contributed by atoms with E-state index in [1.165, 1.54) is 18.4 Å². The summed E-state index contributed by atoms with van der Waals surface area (Å²) >= 11 is 0. The monoisotopic (exact) mass is 352 g/mol. The van der Waals surface area contributed by atoms with E-state index in [0.717, 1.165) is 18.3 Å². The van der Waals surface area contributed by atoms with Crippen molar-refractivity contribution in [3.63, 3.8) is 0 Å². The number of aliphatic hydroxyl groups is 1. The first-order valence-electron chi connectivity index (χ1n) is 8.68. The summed E-state index contributed by atoms with van der Waals surface area (Å²) in [5, 5.41) is 10.4. The van der Waals surface area contributed by atoms with E-state index in [1.807, 2.05) is 24.3 Å². The molecule has 0 saturated heterocycles. The zero-order valence-electron chi connectivity index (χ0n) is 16.6. The Kier molecular flexibility index (Phi) is 14.9. The molecule has 0 bridgehead atoms. The Bertz CT molecular complexity index is 454. The molecule has 0 saturated carbocycles. The summed E-state index contributed by atoms with van der Waals surface area (Å²) < 4.78 is 0. The molecule has 0 aliphatic rings. The number of nitrogens with one attached hydrogen (secondary N) is 1. The Labute approximate surface area is 153 Å². The lowest BCUT2D eigenvalue weighted by atomic mass is 9.89. The molecule has 0 aliphatic heterocycles. The fourth-order valence-corrected chi connectivity index (χ4v) is 1.69. The van der Waals surface area contributed by atoms with Gasteiger partial charge < -0.3 is 16.2 Å². The molecule has 1 amide bonds. The van der Waals surface area contributed by atoms with Crippen molar-refractivity contribution >= 4 is 12.2 Å². The van der Waals surface area contributed by atoms with Gasteiger partial charge in [0.05, 0.1) is 6.54 Å².